The molecule has 1 aliphatic heterocycles. The second-order valence-corrected chi connectivity index (χ2v) is 7.45. The van der Waals surface area contributed by atoms with Gasteiger partial charge in [0.05, 0.1) is 48.4 Å². The van der Waals surface area contributed by atoms with Crippen LogP contribution in [0.3, 0.4) is 0 Å². The number of benzene rings is 3. The minimum absolute atomic E-state index is 0.0363. The lowest BCUT2D eigenvalue weighted by Crippen LogP contribution is -2.14. The SMILES string of the molecule is COc1cc2c(c(OC)c1C=CCc1ccccc1)C(c1cccc(C#N)c1)=NCC(=O)N2. The van der Waals surface area contributed by atoms with Crippen molar-refractivity contribution in [2.75, 3.05) is 26.1 Å². The molecule has 0 saturated carbocycles. The molecular formula is C27H23N3O3. The standard InChI is InChI=1S/C27H23N3O3/c1-32-23-15-22-25(27(33-2)21(23)13-7-10-18-8-4-3-5-9-18)26(29-17-24(31)30-22)20-12-6-11-19(14-20)16-28/h3-9,11-15H,10,17H2,1-2H3,(H,30,31). The number of allylic oxidation sites excluding steroid dienone is 1. The molecule has 0 spiro atoms. The molecule has 3 aromatic carbocycles. The van der Waals surface area contributed by atoms with Crippen LogP contribution in [0, 0.1) is 11.3 Å². The van der Waals surface area contributed by atoms with E-state index in [0.717, 1.165) is 17.5 Å². The van der Waals surface area contributed by atoms with Gasteiger partial charge < -0.3 is 14.8 Å². The van der Waals surface area contributed by atoms with E-state index in [4.69, 9.17) is 9.47 Å². The fourth-order valence-corrected chi connectivity index (χ4v) is 3.84. The highest BCUT2D eigenvalue weighted by Gasteiger charge is 2.26. The number of hydrogen-bond acceptors (Lipinski definition) is 5. The van der Waals surface area contributed by atoms with E-state index in [-0.39, 0.29) is 12.5 Å². The van der Waals surface area contributed by atoms with Gasteiger partial charge >= 0.3 is 0 Å². The van der Waals surface area contributed by atoms with E-state index < -0.39 is 0 Å². The van der Waals surface area contributed by atoms with Crippen molar-refractivity contribution in [3.05, 3.63) is 94.6 Å². The first kappa shape index (κ1) is 21.8. The van der Waals surface area contributed by atoms with Crippen molar-refractivity contribution in [3.8, 4) is 17.6 Å². The Morgan fingerprint density at radius 3 is 2.64 bits per heavy atom. The first-order valence-corrected chi connectivity index (χ1v) is 10.5. The Labute approximate surface area is 192 Å². The number of fused-ring (bicyclic) bond motifs is 1. The average molecular weight is 437 g/mol. The van der Waals surface area contributed by atoms with Gasteiger partial charge in [-0.15, -0.1) is 0 Å². The molecule has 1 heterocycles. The fraction of sp³-hybridized carbons (Fsp3) is 0.148. The molecule has 0 fully saturated rings. The molecule has 1 N–H and O–H groups in total. The molecule has 33 heavy (non-hydrogen) atoms. The summed E-state index contributed by atoms with van der Waals surface area (Å²) in [5, 5.41) is 12.3. The van der Waals surface area contributed by atoms with Crippen molar-refractivity contribution >= 4 is 23.4 Å². The smallest absolute Gasteiger partial charge is 0.246 e. The third-order valence-corrected chi connectivity index (χ3v) is 5.34. The van der Waals surface area contributed by atoms with E-state index in [0.29, 0.717) is 34.0 Å². The van der Waals surface area contributed by atoms with Gasteiger partial charge in [-0.1, -0.05) is 54.6 Å². The zero-order chi connectivity index (χ0) is 23.2. The maximum atomic E-state index is 12.4. The van der Waals surface area contributed by atoms with Crippen molar-refractivity contribution in [1.29, 1.82) is 5.26 Å². The van der Waals surface area contributed by atoms with Crippen LogP contribution in [0.2, 0.25) is 0 Å². The Morgan fingerprint density at radius 2 is 1.91 bits per heavy atom. The van der Waals surface area contributed by atoms with Crippen LogP contribution in [0.5, 0.6) is 11.5 Å². The van der Waals surface area contributed by atoms with E-state index in [1.807, 2.05) is 36.4 Å². The van der Waals surface area contributed by atoms with Gasteiger partial charge in [0.2, 0.25) is 5.91 Å². The van der Waals surface area contributed by atoms with E-state index >= 15 is 0 Å². The Hall–Kier alpha value is -4.37. The largest absolute Gasteiger partial charge is 0.496 e. The summed E-state index contributed by atoms with van der Waals surface area (Å²) in [4.78, 5) is 17.0. The van der Waals surface area contributed by atoms with Gasteiger partial charge in [0, 0.05) is 11.6 Å². The Balaban J connectivity index is 1.87. The van der Waals surface area contributed by atoms with Crippen LogP contribution < -0.4 is 14.8 Å². The maximum Gasteiger partial charge on any atom is 0.246 e. The van der Waals surface area contributed by atoms with E-state index in [2.05, 4.69) is 28.5 Å². The number of rotatable bonds is 6. The Kier molecular flexibility index (Phi) is 6.51. The first-order valence-electron chi connectivity index (χ1n) is 10.5. The highest BCUT2D eigenvalue weighted by atomic mass is 16.5. The number of nitriles is 1. The van der Waals surface area contributed by atoms with Crippen LogP contribution in [0.1, 0.15) is 27.8 Å². The monoisotopic (exact) mass is 437 g/mol. The van der Waals surface area contributed by atoms with Gasteiger partial charge in [0.15, 0.2) is 0 Å². The molecule has 3 aromatic rings. The lowest BCUT2D eigenvalue weighted by Gasteiger charge is -2.19. The van der Waals surface area contributed by atoms with Crippen molar-refractivity contribution < 1.29 is 14.3 Å². The molecule has 0 bridgehead atoms. The molecule has 0 aliphatic carbocycles. The maximum absolute atomic E-state index is 12.4. The summed E-state index contributed by atoms with van der Waals surface area (Å²) in [6.45, 7) is -0.0363. The third-order valence-electron chi connectivity index (χ3n) is 5.34. The van der Waals surface area contributed by atoms with Crippen LogP contribution in [0.15, 0.2) is 71.7 Å². The number of nitrogens with zero attached hydrogens (tertiary/aromatic N) is 2. The number of carbonyl (C=O) groups excluding carboxylic acids is 1. The van der Waals surface area contributed by atoms with Gasteiger partial charge in [-0.05, 0) is 24.1 Å². The predicted molar refractivity (Wildman–Crippen MR) is 129 cm³/mol. The summed E-state index contributed by atoms with van der Waals surface area (Å²) in [7, 11) is 3.17. The van der Waals surface area contributed by atoms with Crippen LogP contribution in [0.4, 0.5) is 5.69 Å². The summed E-state index contributed by atoms with van der Waals surface area (Å²) < 4.78 is 11.5. The van der Waals surface area contributed by atoms with Crippen molar-refractivity contribution in [2.45, 2.75) is 6.42 Å². The zero-order valence-corrected chi connectivity index (χ0v) is 18.5. The number of methoxy groups -OCH3 is 2. The lowest BCUT2D eigenvalue weighted by molar-refractivity contribution is -0.114. The molecule has 6 heteroatoms. The Morgan fingerprint density at radius 1 is 1.09 bits per heavy atom. The fourth-order valence-electron chi connectivity index (χ4n) is 3.84. The van der Waals surface area contributed by atoms with Crippen molar-refractivity contribution in [1.82, 2.24) is 0 Å². The number of nitrogens with one attached hydrogen (secondary N) is 1. The number of ether oxygens (including phenoxy) is 2. The topological polar surface area (TPSA) is 83.7 Å². The third kappa shape index (κ3) is 4.63. The van der Waals surface area contributed by atoms with Crippen molar-refractivity contribution in [2.24, 2.45) is 4.99 Å². The lowest BCUT2D eigenvalue weighted by atomic mass is 9.95. The number of anilines is 1. The average Bonchev–Trinajstić information content (AvgIpc) is 3.02. The highest BCUT2D eigenvalue weighted by Crippen LogP contribution is 2.41. The van der Waals surface area contributed by atoms with Crippen LogP contribution in [-0.4, -0.2) is 32.4 Å². The number of carbonyl (C=O) groups is 1. The molecule has 6 nitrogen and oxygen atoms in total. The molecule has 0 saturated heterocycles. The molecule has 1 aliphatic rings. The molecule has 0 radical (unpaired) electrons. The van der Waals surface area contributed by atoms with Gasteiger partial charge in [0.25, 0.3) is 0 Å². The second kappa shape index (κ2) is 9.84. The highest BCUT2D eigenvalue weighted by molar-refractivity contribution is 6.21. The number of benzodiazepines with no additional fused rings is 1. The number of hydrogen-bond donors (Lipinski definition) is 1. The summed E-state index contributed by atoms with van der Waals surface area (Å²) in [6, 6.07) is 21.2. The van der Waals surface area contributed by atoms with E-state index in [1.54, 1.807) is 38.5 Å². The van der Waals surface area contributed by atoms with Crippen LogP contribution >= 0.6 is 0 Å². The summed E-state index contributed by atoms with van der Waals surface area (Å²) in [5.41, 5.74) is 4.95. The van der Waals surface area contributed by atoms with Crippen LogP contribution in [0.25, 0.3) is 6.08 Å². The summed E-state index contributed by atoms with van der Waals surface area (Å²) >= 11 is 0. The molecular weight excluding hydrogens is 414 g/mol. The minimum atomic E-state index is -0.237. The second-order valence-electron chi connectivity index (χ2n) is 7.45. The molecule has 0 aromatic heterocycles. The molecule has 0 unspecified atom stereocenters. The van der Waals surface area contributed by atoms with E-state index in [9.17, 15) is 10.1 Å². The van der Waals surface area contributed by atoms with E-state index in [1.165, 1.54) is 5.56 Å². The molecule has 164 valence electrons. The minimum Gasteiger partial charge on any atom is -0.496 e. The zero-order valence-electron chi connectivity index (χ0n) is 18.5. The molecule has 4 rings (SSSR count). The summed E-state index contributed by atoms with van der Waals surface area (Å²) in [5.74, 6) is 0.873. The summed E-state index contributed by atoms with van der Waals surface area (Å²) in [6.07, 6.45) is 4.75. The van der Waals surface area contributed by atoms with Gasteiger partial charge in [-0.25, -0.2) is 0 Å². The van der Waals surface area contributed by atoms with Gasteiger partial charge in [0.1, 0.15) is 18.0 Å². The number of aliphatic imine (C=N–C) groups is 1. The predicted octanol–water partition coefficient (Wildman–Crippen LogP) is 4.62. The molecule has 1 amide bonds. The molecule has 0 atom stereocenters. The van der Waals surface area contributed by atoms with Crippen molar-refractivity contribution in [3.63, 3.8) is 0 Å². The van der Waals surface area contributed by atoms with Gasteiger partial charge in [-0.2, -0.15) is 5.26 Å². The Bertz CT molecular complexity index is 1290. The first-order chi connectivity index (χ1) is 16.1. The normalized spacial score (nSPS) is 12.9. The number of amides is 1. The van der Waals surface area contributed by atoms with Gasteiger partial charge in [-0.3, -0.25) is 9.79 Å². The quantitative estimate of drug-likeness (QED) is 0.610. The van der Waals surface area contributed by atoms with Crippen LogP contribution in [-0.2, 0) is 11.2 Å².